The smallest absolute Gasteiger partial charge is 0.0105 e. The van der Waals surface area contributed by atoms with Gasteiger partial charge in [0, 0.05) is 4.91 Å². The van der Waals surface area contributed by atoms with Gasteiger partial charge < -0.3 is 0 Å². The van der Waals surface area contributed by atoms with Crippen molar-refractivity contribution in [1.82, 2.24) is 0 Å². The summed E-state index contributed by atoms with van der Waals surface area (Å²) in [5.74, 6) is 0.538. The minimum atomic E-state index is 0.538. The Morgan fingerprint density at radius 3 is 2.70 bits per heavy atom. The van der Waals surface area contributed by atoms with E-state index in [0.717, 1.165) is 6.42 Å². The van der Waals surface area contributed by atoms with Crippen molar-refractivity contribution in [3.8, 4) is 0 Å². The van der Waals surface area contributed by atoms with Gasteiger partial charge in [0.2, 0.25) is 0 Å². The van der Waals surface area contributed by atoms with E-state index in [4.69, 9.17) is 0 Å². The topological polar surface area (TPSA) is 0 Å². The lowest BCUT2D eigenvalue weighted by atomic mass is 9.84. The van der Waals surface area contributed by atoms with Gasteiger partial charge in [-0.05, 0) is 60.3 Å². The van der Waals surface area contributed by atoms with Gasteiger partial charge in [0.05, 0.1) is 0 Å². The molecule has 0 radical (unpaired) electrons. The first kappa shape index (κ1) is 17.6. The molecular weight excluding hydrogens is 296 g/mol. The van der Waals surface area contributed by atoms with Crippen LogP contribution in [0.15, 0.2) is 94.0 Å². The van der Waals surface area contributed by atoms with Crippen LogP contribution in [-0.2, 0) is 0 Å². The van der Waals surface area contributed by atoms with E-state index in [1.807, 2.05) is 23.9 Å². The van der Waals surface area contributed by atoms with Crippen LogP contribution in [0.3, 0.4) is 0 Å². The van der Waals surface area contributed by atoms with Crippen LogP contribution in [0.1, 0.15) is 27.2 Å². The molecule has 0 nitrogen and oxygen atoms in total. The monoisotopic (exact) mass is 322 g/mol. The summed E-state index contributed by atoms with van der Waals surface area (Å²) in [4.78, 5) is 1.35. The first-order valence-electron chi connectivity index (χ1n) is 8.13. The van der Waals surface area contributed by atoms with Crippen LogP contribution in [0.25, 0.3) is 0 Å². The van der Waals surface area contributed by atoms with Crippen molar-refractivity contribution in [3.05, 3.63) is 94.0 Å². The molecule has 0 N–H and O–H groups in total. The third kappa shape index (κ3) is 3.97. The fourth-order valence-corrected chi connectivity index (χ4v) is 3.84. The lowest BCUT2D eigenvalue weighted by Gasteiger charge is -2.24. The summed E-state index contributed by atoms with van der Waals surface area (Å²) in [6.07, 6.45) is 22.7. The van der Waals surface area contributed by atoms with Gasteiger partial charge in [-0.15, -0.1) is 11.8 Å². The normalized spacial score (nSPS) is 23.7. The van der Waals surface area contributed by atoms with Gasteiger partial charge >= 0.3 is 0 Å². The fourth-order valence-electron chi connectivity index (χ4n) is 3.12. The summed E-state index contributed by atoms with van der Waals surface area (Å²) in [6.45, 7) is 10.4. The maximum atomic E-state index is 3.75. The van der Waals surface area contributed by atoms with Gasteiger partial charge in [0.15, 0.2) is 0 Å². The Balaban J connectivity index is 2.51. The SMILES string of the molecule is C=C/C=C\C=C1/CC=C(C2=CC(C)C=C2)C(C)=C1/C(=C/C)SC. The standard InChI is InChI=1S/C22H26S/c1-6-8-9-10-18-13-14-20(19-12-11-16(3)15-19)17(4)22(18)21(7-2)23-5/h6-12,14-16H,1,13H2,2-5H3/b9-8-,18-10+,21-7-. The summed E-state index contributed by atoms with van der Waals surface area (Å²) >= 11 is 1.82. The lowest BCUT2D eigenvalue weighted by Crippen LogP contribution is -2.05. The second kappa shape index (κ2) is 8.21. The van der Waals surface area contributed by atoms with E-state index in [-0.39, 0.29) is 0 Å². The third-order valence-corrected chi connectivity index (χ3v) is 5.11. The molecule has 0 aromatic heterocycles. The van der Waals surface area contributed by atoms with Crippen LogP contribution >= 0.6 is 11.8 Å². The second-order valence-electron chi connectivity index (χ2n) is 5.83. The van der Waals surface area contributed by atoms with Crippen LogP contribution in [-0.4, -0.2) is 6.26 Å². The fraction of sp³-hybridized carbons (Fsp3) is 0.273. The highest BCUT2D eigenvalue weighted by Gasteiger charge is 2.21. The number of rotatable bonds is 5. The van der Waals surface area contributed by atoms with Gasteiger partial charge in [-0.25, -0.2) is 0 Å². The van der Waals surface area contributed by atoms with Gasteiger partial charge in [-0.3, -0.25) is 0 Å². The van der Waals surface area contributed by atoms with E-state index >= 15 is 0 Å². The van der Waals surface area contributed by atoms with E-state index in [0.29, 0.717) is 5.92 Å². The molecule has 0 heterocycles. The first-order valence-corrected chi connectivity index (χ1v) is 9.36. The van der Waals surface area contributed by atoms with Crippen molar-refractivity contribution in [2.24, 2.45) is 5.92 Å². The van der Waals surface area contributed by atoms with E-state index in [1.54, 1.807) is 0 Å². The predicted octanol–water partition coefficient (Wildman–Crippen LogP) is 6.70. The molecule has 0 aromatic rings. The molecule has 23 heavy (non-hydrogen) atoms. The molecule has 0 spiro atoms. The summed E-state index contributed by atoms with van der Waals surface area (Å²) in [5, 5.41) is 0. The molecule has 1 atom stereocenters. The quantitative estimate of drug-likeness (QED) is 0.507. The summed E-state index contributed by atoms with van der Waals surface area (Å²) in [5.41, 5.74) is 6.90. The minimum Gasteiger partial charge on any atom is -0.129 e. The van der Waals surface area contributed by atoms with Crippen LogP contribution in [0.2, 0.25) is 0 Å². The Morgan fingerprint density at radius 2 is 2.13 bits per heavy atom. The zero-order chi connectivity index (χ0) is 16.8. The van der Waals surface area contributed by atoms with Crippen LogP contribution in [0.4, 0.5) is 0 Å². The van der Waals surface area contributed by atoms with E-state index in [1.165, 1.54) is 32.8 Å². The lowest BCUT2D eigenvalue weighted by molar-refractivity contribution is 0.955. The summed E-state index contributed by atoms with van der Waals surface area (Å²) in [6, 6.07) is 0. The molecule has 2 aliphatic carbocycles. The number of allylic oxidation sites excluding steroid dienone is 14. The highest BCUT2D eigenvalue weighted by atomic mass is 32.2. The Hall–Kier alpha value is -1.73. The van der Waals surface area contributed by atoms with Crippen molar-refractivity contribution in [3.63, 3.8) is 0 Å². The second-order valence-corrected chi connectivity index (χ2v) is 6.68. The number of hydrogen-bond donors (Lipinski definition) is 0. The zero-order valence-electron chi connectivity index (χ0n) is 14.6. The molecule has 0 aromatic carbocycles. The first-order chi connectivity index (χ1) is 11.1. The highest BCUT2D eigenvalue weighted by molar-refractivity contribution is 8.02. The summed E-state index contributed by atoms with van der Waals surface area (Å²) in [7, 11) is 0. The van der Waals surface area contributed by atoms with Crippen molar-refractivity contribution in [1.29, 1.82) is 0 Å². The molecule has 0 bridgehead atoms. The van der Waals surface area contributed by atoms with Gasteiger partial charge in [-0.1, -0.05) is 68.2 Å². The van der Waals surface area contributed by atoms with Gasteiger partial charge in [0.1, 0.15) is 0 Å². The number of hydrogen-bond acceptors (Lipinski definition) is 1. The molecular formula is C22H26S. The molecule has 2 aliphatic rings. The molecule has 0 amide bonds. The van der Waals surface area contributed by atoms with Gasteiger partial charge in [0.25, 0.3) is 0 Å². The molecule has 0 aliphatic heterocycles. The van der Waals surface area contributed by atoms with E-state index in [2.05, 4.69) is 76.1 Å². The van der Waals surface area contributed by atoms with Crippen LogP contribution < -0.4 is 0 Å². The molecule has 0 saturated heterocycles. The van der Waals surface area contributed by atoms with Crippen LogP contribution in [0.5, 0.6) is 0 Å². The summed E-state index contributed by atoms with van der Waals surface area (Å²) < 4.78 is 0. The Labute approximate surface area is 145 Å². The zero-order valence-corrected chi connectivity index (χ0v) is 15.4. The van der Waals surface area contributed by atoms with Crippen molar-refractivity contribution in [2.45, 2.75) is 27.2 Å². The molecule has 0 fully saturated rings. The Bertz CT molecular complexity index is 687. The van der Waals surface area contributed by atoms with Crippen molar-refractivity contribution >= 4 is 11.8 Å². The van der Waals surface area contributed by atoms with Crippen molar-refractivity contribution in [2.75, 3.05) is 6.26 Å². The molecule has 1 unspecified atom stereocenters. The van der Waals surface area contributed by atoms with Crippen molar-refractivity contribution < 1.29 is 0 Å². The maximum absolute atomic E-state index is 3.75. The highest BCUT2D eigenvalue weighted by Crippen LogP contribution is 2.41. The molecule has 1 heteroatoms. The largest absolute Gasteiger partial charge is 0.129 e. The van der Waals surface area contributed by atoms with E-state index in [9.17, 15) is 0 Å². The molecule has 2 rings (SSSR count). The predicted molar refractivity (Wildman–Crippen MR) is 106 cm³/mol. The maximum Gasteiger partial charge on any atom is 0.0105 e. The van der Waals surface area contributed by atoms with Crippen LogP contribution in [0, 0.1) is 5.92 Å². The third-order valence-electron chi connectivity index (χ3n) is 4.23. The van der Waals surface area contributed by atoms with Gasteiger partial charge in [-0.2, -0.15) is 0 Å². The Morgan fingerprint density at radius 1 is 1.35 bits per heavy atom. The number of thioether (sulfide) groups is 1. The Kier molecular flexibility index (Phi) is 6.29. The minimum absolute atomic E-state index is 0.538. The van der Waals surface area contributed by atoms with E-state index < -0.39 is 0 Å². The average molecular weight is 323 g/mol. The molecule has 120 valence electrons. The average Bonchev–Trinajstić information content (AvgIpc) is 2.97. The molecule has 0 saturated carbocycles.